The van der Waals surface area contributed by atoms with Crippen molar-refractivity contribution < 1.29 is 0 Å². The van der Waals surface area contributed by atoms with Crippen molar-refractivity contribution in [1.82, 2.24) is 0 Å². The average Bonchev–Trinajstić information content (AvgIpc) is 3.35. The molecule has 376 valence electrons. The highest BCUT2D eigenvalue weighted by Gasteiger charge is 2.38. The molecule has 0 heterocycles. The van der Waals surface area contributed by atoms with Gasteiger partial charge in [0.25, 0.3) is 0 Å². The van der Waals surface area contributed by atoms with Crippen LogP contribution in [0.3, 0.4) is 0 Å². The third-order valence-corrected chi connectivity index (χ3v) is 16.7. The maximum atomic E-state index is 6.32. The fraction of sp³-hybridized carbons (Fsp3) is 0.636. The summed E-state index contributed by atoms with van der Waals surface area (Å²) >= 11 is 0. The van der Waals surface area contributed by atoms with Crippen LogP contribution in [0.25, 0.3) is 0 Å². The van der Waals surface area contributed by atoms with Crippen molar-refractivity contribution in [2.45, 2.75) is 264 Å². The molecule has 0 spiro atoms. The van der Waals surface area contributed by atoms with Gasteiger partial charge in [0.05, 0.1) is 0 Å². The summed E-state index contributed by atoms with van der Waals surface area (Å²) in [5.41, 5.74) is 25.9. The monoisotopic (exact) mass is 923 g/mol. The van der Waals surface area contributed by atoms with Gasteiger partial charge in [0.2, 0.25) is 0 Å². The minimum atomic E-state index is 0.0418. The number of unbranched alkanes of at least 4 members (excludes halogenated alkanes) is 23. The first kappa shape index (κ1) is 55.4. The van der Waals surface area contributed by atoms with Gasteiger partial charge in [-0.15, -0.1) is 0 Å². The summed E-state index contributed by atoms with van der Waals surface area (Å²) in [4.78, 5) is 0. The van der Waals surface area contributed by atoms with E-state index in [0.29, 0.717) is 11.8 Å². The van der Waals surface area contributed by atoms with Crippen LogP contribution in [0.15, 0.2) is 84.9 Å². The first-order valence-electron chi connectivity index (χ1n) is 29.2. The Morgan fingerprint density at radius 1 is 0.412 bits per heavy atom. The fourth-order valence-electron chi connectivity index (χ4n) is 12.3. The Labute approximate surface area is 420 Å². The quantitative estimate of drug-likeness (QED) is 0.0357. The molecule has 4 N–H and O–H groups in total. The van der Waals surface area contributed by atoms with Gasteiger partial charge in [-0.2, -0.15) is 0 Å². The minimum Gasteiger partial charge on any atom is -0.399 e. The molecule has 0 aromatic heterocycles. The number of rotatable bonds is 35. The van der Waals surface area contributed by atoms with Gasteiger partial charge in [0.1, 0.15) is 0 Å². The van der Waals surface area contributed by atoms with Crippen LogP contribution in [0.5, 0.6) is 0 Å². The number of nitrogens with two attached hydrogens (primary N) is 2. The highest BCUT2D eigenvalue weighted by atomic mass is 14.5. The second kappa shape index (κ2) is 31.7. The van der Waals surface area contributed by atoms with Crippen molar-refractivity contribution in [2.75, 3.05) is 11.5 Å². The van der Waals surface area contributed by atoms with Crippen LogP contribution in [0, 0.1) is 19.8 Å². The Morgan fingerprint density at radius 2 is 0.735 bits per heavy atom. The molecule has 5 rings (SSSR count). The van der Waals surface area contributed by atoms with Crippen molar-refractivity contribution in [3.05, 3.63) is 129 Å². The molecule has 4 aromatic rings. The lowest BCUT2D eigenvalue weighted by Gasteiger charge is -2.42. The molecule has 2 atom stereocenters. The average molecular weight is 924 g/mol. The van der Waals surface area contributed by atoms with Gasteiger partial charge in [0, 0.05) is 28.6 Å². The van der Waals surface area contributed by atoms with Gasteiger partial charge in [-0.1, -0.05) is 255 Å². The third-order valence-electron chi connectivity index (χ3n) is 16.7. The molecule has 1 fully saturated rings. The summed E-state index contributed by atoms with van der Waals surface area (Å²) in [6, 6.07) is 33.6. The molecular weight excluding hydrogens is 821 g/mol. The van der Waals surface area contributed by atoms with E-state index >= 15 is 0 Å². The van der Waals surface area contributed by atoms with E-state index in [4.69, 9.17) is 11.5 Å². The molecule has 1 saturated carbocycles. The van der Waals surface area contributed by atoms with Gasteiger partial charge in [-0.05, 0) is 127 Å². The van der Waals surface area contributed by atoms with Crippen LogP contribution in [0.2, 0.25) is 0 Å². The van der Waals surface area contributed by atoms with Gasteiger partial charge in [-0.3, -0.25) is 0 Å². The van der Waals surface area contributed by atoms with Crippen LogP contribution in [0.4, 0.5) is 11.4 Å². The molecule has 0 aliphatic heterocycles. The van der Waals surface area contributed by atoms with E-state index in [-0.39, 0.29) is 5.41 Å². The Bertz CT molecular complexity index is 1790. The lowest BCUT2D eigenvalue weighted by atomic mass is 9.62. The number of aryl methyl sites for hydroxylation is 2. The lowest BCUT2D eigenvalue weighted by Crippen LogP contribution is -2.33. The van der Waals surface area contributed by atoms with Crippen molar-refractivity contribution >= 4 is 11.4 Å². The van der Waals surface area contributed by atoms with Crippen molar-refractivity contribution in [1.29, 1.82) is 0 Å². The van der Waals surface area contributed by atoms with E-state index in [1.807, 2.05) is 0 Å². The molecule has 68 heavy (non-hydrogen) atoms. The molecular formula is C66H102N2. The summed E-state index contributed by atoms with van der Waals surface area (Å²) in [6.45, 7) is 11.5. The smallest absolute Gasteiger partial charge is 0.0316 e. The maximum Gasteiger partial charge on any atom is 0.0316 e. The Balaban J connectivity index is 1.35. The van der Waals surface area contributed by atoms with Gasteiger partial charge >= 0.3 is 0 Å². The Kier molecular flexibility index (Phi) is 25.8. The highest BCUT2D eigenvalue weighted by molar-refractivity contribution is 5.51. The summed E-state index contributed by atoms with van der Waals surface area (Å²) in [7, 11) is 0. The van der Waals surface area contributed by atoms with E-state index in [1.54, 1.807) is 0 Å². The van der Waals surface area contributed by atoms with Crippen molar-refractivity contribution in [2.24, 2.45) is 5.92 Å². The first-order chi connectivity index (χ1) is 33.3. The van der Waals surface area contributed by atoms with Crippen molar-refractivity contribution in [3.63, 3.8) is 0 Å². The predicted molar refractivity (Wildman–Crippen MR) is 301 cm³/mol. The number of hydrogen-bond donors (Lipinski definition) is 2. The third kappa shape index (κ3) is 18.0. The molecule has 1 aliphatic carbocycles. The van der Waals surface area contributed by atoms with Crippen LogP contribution >= 0.6 is 0 Å². The zero-order valence-electron chi connectivity index (χ0n) is 44.8. The topological polar surface area (TPSA) is 52.0 Å². The largest absolute Gasteiger partial charge is 0.399 e. The number of hydrogen-bond acceptors (Lipinski definition) is 2. The van der Waals surface area contributed by atoms with Gasteiger partial charge in [-0.25, -0.2) is 0 Å². The highest BCUT2D eigenvalue weighted by Crippen LogP contribution is 2.49. The molecule has 1 aliphatic rings. The molecule has 0 saturated heterocycles. The van der Waals surface area contributed by atoms with E-state index in [0.717, 1.165) is 17.3 Å². The fourth-order valence-corrected chi connectivity index (χ4v) is 12.3. The summed E-state index contributed by atoms with van der Waals surface area (Å²) < 4.78 is 0. The molecule has 2 heteroatoms. The Hall–Kier alpha value is -3.52. The second-order valence-electron chi connectivity index (χ2n) is 22.1. The van der Waals surface area contributed by atoms with Gasteiger partial charge in [0.15, 0.2) is 0 Å². The SMILES string of the molecule is CCCCCCCCCCCCC1CCC(c2ccc(C(CCCCCCCCCC)c3ccc(N)cc3C)cc2)(c2ccc(C(CCCCCCCCCC)c3ccc(N)cc3C)cc2)CC1. The minimum absolute atomic E-state index is 0.0418. The molecule has 0 bridgehead atoms. The number of benzene rings is 4. The Morgan fingerprint density at radius 3 is 1.07 bits per heavy atom. The number of anilines is 2. The van der Waals surface area contributed by atoms with Crippen LogP contribution in [0.1, 0.15) is 289 Å². The normalized spacial score (nSPS) is 17.1. The molecule has 2 nitrogen and oxygen atoms in total. The molecule has 0 amide bonds. The first-order valence-corrected chi connectivity index (χ1v) is 29.2. The summed E-state index contributed by atoms with van der Waals surface area (Å²) in [5.74, 6) is 1.64. The standard InChI is InChI=1S/C66H102N2/c1-6-9-12-15-18-21-22-23-26-29-32-55-47-49-66(50-48-55,58-39-35-56(36-40-58)64(62-45-43-60(67)51-53(62)4)33-30-27-24-19-16-13-10-7-2)59-41-37-57(38-42-59)65(63-46-44-61(68)52-54(63)5)34-31-28-25-20-17-14-11-8-3/h35-46,51-52,55,64-65H,6-34,47-50,67-68H2,1-5H3. The second-order valence-corrected chi connectivity index (χ2v) is 22.1. The van der Waals surface area contributed by atoms with E-state index in [2.05, 4.69) is 120 Å². The van der Waals surface area contributed by atoms with Crippen LogP contribution in [-0.4, -0.2) is 0 Å². The predicted octanol–water partition coefficient (Wildman–Crippen LogP) is 20.6. The zero-order valence-corrected chi connectivity index (χ0v) is 44.8. The lowest BCUT2D eigenvalue weighted by molar-refractivity contribution is 0.250. The zero-order chi connectivity index (χ0) is 48.2. The van der Waals surface area contributed by atoms with E-state index < -0.39 is 0 Å². The van der Waals surface area contributed by atoms with Gasteiger partial charge < -0.3 is 11.5 Å². The van der Waals surface area contributed by atoms with Crippen LogP contribution in [-0.2, 0) is 5.41 Å². The van der Waals surface area contributed by atoms with E-state index in [9.17, 15) is 0 Å². The van der Waals surface area contributed by atoms with Crippen LogP contribution < -0.4 is 11.5 Å². The molecule has 4 aromatic carbocycles. The maximum absolute atomic E-state index is 6.32. The van der Waals surface area contributed by atoms with Crippen molar-refractivity contribution in [3.8, 4) is 0 Å². The molecule has 2 unspecified atom stereocenters. The van der Waals surface area contributed by atoms with E-state index in [1.165, 1.54) is 256 Å². The molecule has 0 radical (unpaired) electrons. The number of nitrogen functional groups attached to an aromatic ring is 2. The summed E-state index contributed by atoms with van der Waals surface area (Å²) in [6.07, 6.45) is 44.8. The summed E-state index contributed by atoms with van der Waals surface area (Å²) in [5, 5.41) is 0.